The maximum atomic E-state index is 13.6. The molecule has 0 N–H and O–H groups in total. The van der Waals surface area contributed by atoms with Crippen molar-refractivity contribution in [1.82, 2.24) is 0 Å². The van der Waals surface area contributed by atoms with E-state index in [4.69, 9.17) is 9.57 Å². The molecule has 0 spiro atoms. The molecule has 2 saturated heterocycles. The molecule has 2 aliphatic heterocycles. The third-order valence-corrected chi connectivity index (χ3v) is 5.69. The second-order valence-corrected chi connectivity index (χ2v) is 7.81. The number of hydrogen-bond acceptors (Lipinski definition) is 6. The number of anilines is 2. The van der Waals surface area contributed by atoms with Crippen LogP contribution in [-0.4, -0.2) is 23.9 Å². The van der Waals surface area contributed by atoms with Gasteiger partial charge >= 0.3 is 5.97 Å². The van der Waals surface area contributed by atoms with Gasteiger partial charge in [0.1, 0.15) is 17.5 Å². The molecule has 166 valence electrons. The normalized spacial score (nSPS) is 21.9. The smallest absolute Gasteiger partial charge is 0.308 e. The Morgan fingerprint density at radius 2 is 1.55 bits per heavy atom. The van der Waals surface area contributed by atoms with E-state index in [1.54, 1.807) is 17.2 Å². The van der Waals surface area contributed by atoms with Crippen LogP contribution in [0.3, 0.4) is 0 Å². The van der Waals surface area contributed by atoms with E-state index in [2.05, 4.69) is 0 Å². The second kappa shape index (κ2) is 8.14. The Hall–Kier alpha value is -4.04. The predicted octanol–water partition coefficient (Wildman–Crippen LogP) is 3.80. The number of amides is 2. The number of hydroxylamine groups is 1. The van der Waals surface area contributed by atoms with Crippen molar-refractivity contribution in [3.63, 3.8) is 0 Å². The minimum atomic E-state index is -1.03. The van der Waals surface area contributed by atoms with E-state index in [9.17, 15) is 18.8 Å². The molecule has 7 nitrogen and oxygen atoms in total. The molecular formula is C25H19FN2O5. The summed E-state index contributed by atoms with van der Waals surface area (Å²) in [5.74, 6) is -2.29. The van der Waals surface area contributed by atoms with E-state index >= 15 is 0 Å². The first-order chi connectivity index (χ1) is 15.9. The Kier molecular flexibility index (Phi) is 5.14. The number of ether oxygens (including phenoxy) is 1. The lowest BCUT2D eigenvalue weighted by molar-refractivity contribution is -0.132. The number of fused-ring (bicyclic) bond motifs is 1. The number of halogens is 1. The van der Waals surface area contributed by atoms with Crippen LogP contribution in [0.15, 0.2) is 78.9 Å². The average molecular weight is 446 g/mol. The van der Waals surface area contributed by atoms with Crippen LogP contribution in [0.2, 0.25) is 0 Å². The summed E-state index contributed by atoms with van der Waals surface area (Å²) < 4.78 is 18.6. The fraction of sp³-hybridized carbons (Fsp3) is 0.160. The predicted molar refractivity (Wildman–Crippen MR) is 117 cm³/mol. The second-order valence-electron chi connectivity index (χ2n) is 7.81. The van der Waals surface area contributed by atoms with Crippen LogP contribution in [0.25, 0.3) is 0 Å². The number of para-hydroxylation sites is 1. The minimum Gasteiger partial charge on any atom is -0.427 e. The number of carbonyl (C=O) groups excluding carboxylic acids is 3. The van der Waals surface area contributed by atoms with Gasteiger partial charge in [-0.3, -0.25) is 19.2 Å². The molecule has 5 rings (SSSR count). The van der Waals surface area contributed by atoms with Crippen LogP contribution in [-0.2, 0) is 19.2 Å². The van der Waals surface area contributed by atoms with Crippen LogP contribution in [0.5, 0.6) is 5.75 Å². The lowest BCUT2D eigenvalue weighted by atomic mass is 9.90. The third-order valence-electron chi connectivity index (χ3n) is 5.69. The van der Waals surface area contributed by atoms with E-state index in [-0.39, 0.29) is 0 Å². The summed E-state index contributed by atoms with van der Waals surface area (Å²) >= 11 is 0. The summed E-state index contributed by atoms with van der Waals surface area (Å²) in [6.07, 6.45) is -1.03. The highest BCUT2D eigenvalue weighted by Gasteiger charge is 2.60. The highest BCUT2D eigenvalue weighted by molar-refractivity contribution is 6.23. The van der Waals surface area contributed by atoms with Crippen molar-refractivity contribution in [2.24, 2.45) is 5.92 Å². The van der Waals surface area contributed by atoms with Gasteiger partial charge in [0.05, 0.1) is 17.4 Å². The van der Waals surface area contributed by atoms with Crippen LogP contribution in [0.4, 0.5) is 15.8 Å². The summed E-state index contributed by atoms with van der Waals surface area (Å²) in [6, 6.07) is 20.4. The van der Waals surface area contributed by atoms with Crippen LogP contribution in [0, 0.1) is 11.7 Å². The number of carbonyl (C=O) groups is 3. The van der Waals surface area contributed by atoms with E-state index in [1.807, 2.05) is 30.3 Å². The maximum absolute atomic E-state index is 13.6. The number of benzene rings is 3. The molecule has 0 aliphatic carbocycles. The van der Waals surface area contributed by atoms with Crippen molar-refractivity contribution < 1.29 is 28.3 Å². The van der Waals surface area contributed by atoms with Crippen molar-refractivity contribution in [2.75, 3.05) is 9.96 Å². The minimum absolute atomic E-state index is 0.307. The molecule has 3 aromatic rings. The molecule has 33 heavy (non-hydrogen) atoms. The molecule has 0 unspecified atom stereocenters. The monoisotopic (exact) mass is 446 g/mol. The number of nitrogens with zero attached hydrogens (tertiary/aromatic N) is 2. The zero-order valence-electron chi connectivity index (χ0n) is 17.6. The summed E-state index contributed by atoms with van der Waals surface area (Å²) in [5.41, 5.74) is 1.68. The summed E-state index contributed by atoms with van der Waals surface area (Å²) in [7, 11) is 0. The van der Waals surface area contributed by atoms with Gasteiger partial charge in [0, 0.05) is 6.92 Å². The molecular weight excluding hydrogens is 427 g/mol. The Morgan fingerprint density at radius 3 is 2.18 bits per heavy atom. The van der Waals surface area contributed by atoms with Crippen molar-refractivity contribution in [2.45, 2.75) is 19.1 Å². The fourth-order valence-corrected chi connectivity index (χ4v) is 4.30. The van der Waals surface area contributed by atoms with Gasteiger partial charge in [0.2, 0.25) is 5.91 Å². The third kappa shape index (κ3) is 3.64. The number of hydrogen-bond donors (Lipinski definition) is 0. The molecule has 2 aliphatic rings. The quantitative estimate of drug-likeness (QED) is 0.345. The van der Waals surface area contributed by atoms with Gasteiger partial charge in [0.25, 0.3) is 5.91 Å². The largest absolute Gasteiger partial charge is 0.427 e. The van der Waals surface area contributed by atoms with Gasteiger partial charge < -0.3 is 4.74 Å². The molecule has 0 aromatic heterocycles. The van der Waals surface area contributed by atoms with Gasteiger partial charge in [-0.15, -0.1) is 0 Å². The lowest BCUT2D eigenvalue weighted by Gasteiger charge is -2.28. The molecule has 2 amide bonds. The highest BCUT2D eigenvalue weighted by Crippen LogP contribution is 2.47. The van der Waals surface area contributed by atoms with Crippen molar-refractivity contribution in [1.29, 1.82) is 0 Å². The van der Waals surface area contributed by atoms with Gasteiger partial charge in [-0.2, -0.15) is 0 Å². The molecule has 0 saturated carbocycles. The van der Waals surface area contributed by atoms with Crippen molar-refractivity contribution in [3.8, 4) is 5.75 Å². The first kappa shape index (κ1) is 20.8. The van der Waals surface area contributed by atoms with Crippen LogP contribution < -0.4 is 14.7 Å². The molecule has 8 heteroatoms. The van der Waals surface area contributed by atoms with Crippen LogP contribution in [0.1, 0.15) is 18.5 Å². The van der Waals surface area contributed by atoms with Gasteiger partial charge in [-0.25, -0.2) is 14.4 Å². The first-order valence-electron chi connectivity index (χ1n) is 10.4. The van der Waals surface area contributed by atoms with E-state index < -0.39 is 41.7 Å². The van der Waals surface area contributed by atoms with Gasteiger partial charge in [-0.1, -0.05) is 30.3 Å². The van der Waals surface area contributed by atoms with Gasteiger partial charge in [-0.05, 0) is 54.1 Å². The maximum Gasteiger partial charge on any atom is 0.308 e. The molecule has 0 bridgehead atoms. The van der Waals surface area contributed by atoms with Gasteiger partial charge in [0.15, 0.2) is 6.10 Å². The molecule has 2 heterocycles. The average Bonchev–Trinajstić information content (AvgIpc) is 3.31. The summed E-state index contributed by atoms with van der Waals surface area (Å²) in [6.45, 7) is 1.29. The standard InChI is InChI=1S/C25H19FN2O5/c1-15(29)32-20-13-11-18(12-14-20)27-24(30)21-22(16-7-9-17(26)10-8-16)28(33-23(21)25(27)31)19-5-3-2-4-6-19/h2-14,21-23H,1H3/t21-,22+,23+/m1/s1. The van der Waals surface area contributed by atoms with E-state index in [0.717, 1.165) is 4.90 Å². The Balaban J connectivity index is 1.51. The summed E-state index contributed by atoms with van der Waals surface area (Å²) in [4.78, 5) is 45.1. The number of esters is 1. The molecule has 3 atom stereocenters. The van der Waals surface area contributed by atoms with Crippen molar-refractivity contribution in [3.05, 3.63) is 90.2 Å². The number of imide groups is 1. The Labute approximate surface area is 188 Å². The number of rotatable bonds is 4. The zero-order valence-corrected chi connectivity index (χ0v) is 17.6. The highest BCUT2D eigenvalue weighted by atomic mass is 19.1. The zero-order chi connectivity index (χ0) is 23.1. The Morgan fingerprint density at radius 1 is 0.879 bits per heavy atom. The van der Waals surface area contributed by atoms with E-state index in [0.29, 0.717) is 22.7 Å². The molecule has 3 aromatic carbocycles. The topological polar surface area (TPSA) is 76.2 Å². The summed E-state index contributed by atoms with van der Waals surface area (Å²) in [5, 5.41) is 1.56. The fourth-order valence-electron chi connectivity index (χ4n) is 4.30. The Bertz CT molecular complexity index is 1210. The SMILES string of the molecule is CC(=O)Oc1ccc(N2C(=O)[C@H]3[C@H](ON(c4ccccc4)[C@H]3c3ccc(F)cc3)C2=O)cc1. The van der Waals surface area contributed by atoms with E-state index in [1.165, 1.54) is 43.3 Å². The molecule has 2 fully saturated rings. The molecule has 0 radical (unpaired) electrons. The van der Waals surface area contributed by atoms with Crippen LogP contribution >= 0.6 is 0 Å². The first-order valence-corrected chi connectivity index (χ1v) is 10.4. The van der Waals surface area contributed by atoms with Crippen molar-refractivity contribution >= 4 is 29.2 Å². The lowest BCUT2D eigenvalue weighted by Crippen LogP contribution is -2.37.